The fourth-order valence-electron chi connectivity index (χ4n) is 1.65. The Balaban J connectivity index is 2.11. The summed E-state index contributed by atoms with van der Waals surface area (Å²) in [7, 11) is 0. The minimum atomic E-state index is 0.345. The first-order valence-corrected chi connectivity index (χ1v) is 6.62. The lowest BCUT2D eigenvalue weighted by Gasteiger charge is -2.07. The number of aryl methyl sites for hydroxylation is 1. The average Bonchev–Trinajstić information content (AvgIpc) is 3.10. The van der Waals surface area contributed by atoms with Gasteiger partial charge in [-0.2, -0.15) is 29.8 Å². The molecule has 0 aliphatic carbocycles. The second-order valence-electron chi connectivity index (χ2n) is 4.14. The summed E-state index contributed by atoms with van der Waals surface area (Å²) in [5.74, 6) is 1.12. The molecule has 0 aliphatic rings. The molecule has 0 radical (unpaired) electrons. The third-order valence-corrected chi connectivity index (χ3v) is 2.99. The van der Waals surface area contributed by atoms with E-state index in [2.05, 4.69) is 35.5 Å². The molecular weight excluding hydrogens is 294 g/mol. The van der Waals surface area contributed by atoms with Crippen molar-refractivity contribution in [1.29, 1.82) is 0 Å². The lowest BCUT2D eigenvalue weighted by Crippen LogP contribution is -2.13. The Bertz CT molecular complexity index is 730. The van der Waals surface area contributed by atoms with Gasteiger partial charge in [-0.05, 0) is 13.8 Å². The highest BCUT2D eigenvalue weighted by molar-refractivity contribution is 6.31. The minimum Gasteiger partial charge on any atom is -0.354 e. The van der Waals surface area contributed by atoms with Gasteiger partial charge in [-0.15, -0.1) is 0 Å². The van der Waals surface area contributed by atoms with Crippen molar-refractivity contribution in [2.45, 2.75) is 13.8 Å². The van der Waals surface area contributed by atoms with E-state index in [1.807, 2.05) is 13.8 Å². The Labute approximate surface area is 125 Å². The first-order valence-electron chi connectivity index (χ1n) is 6.24. The van der Waals surface area contributed by atoms with Crippen LogP contribution >= 0.6 is 11.6 Å². The summed E-state index contributed by atoms with van der Waals surface area (Å²) in [6, 6.07) is 0. The summed E-state index contributed by atoms with van der Waals surface area (Å²) < 4.78 is 2.95. The van der Waals surface area contributed by atoms with E-state index in [4.69, 9.17) is 11.6 Å². The lowest BCUT2D eigenvalue weighted by atomic mass is 10.5. The fraction of sp³-hybridized carbons (Fsp3) is 0.273. The molecule has 0 spiro atoms. The number of halogens is 1. The van der Waals surface area contributed by atoms with Gasteiger partial charge < -0.3 is 5.32 Å². The van der Waals surface area contributed by atoms with Crippen LogP contribution < -0.4 is 5.32 Å². The largest absolute Gasteiger partial charge is 0.354 e. The van der Waals surface area contributed by atoms with Gasteiger partial charge in [0.1, 0.15) is 12.7 Å². The van der Waals surface area contributed by atoms with Gasteiger partial charge in [0.25, 0.3) is 11.9 Å². The first-order chi connectivity index (χ1) is 10.2. The van der Waals surface area contributed by atoms with E-state index in [1.54, 1.807) is 6.20 Å². The van der Waals surface area contributed by atoms with E-state index in [1.165, 1.54) is 22.0 Å². The molecule has 0 amide bonds. The molecule has 3 rings (SSSR count). The van der Waals surface area contributed by atoms with Crippen molar-refractivity contribution in [2.24, 2.45) is 0 Å². The van der Waals surface area contributed by atoms with Crippen molar-refractivity contribution >= 4 is 17.5 Å². The van der Waals surface area contributed by atoms with Gasteiger partial charge in [0.15, 0.2) is 0 Å². The number of aromatic nitrogens is 8. The average molecular weight is 306 g/mol. The normalized spacial score (nSPS) is 10.8. The van der Waals surface area contributed by atoms with Gasteiger partial charge >= 0.3 is 0 Å². The molecule has 1 N–H and O–H groups in total. The van der Waals surface area contributed by atoms with E-state index in [9.17, 15) is 0 Å². The molecule has 108 valence electrons. The van der Waals surface area contributed by atoms with Crippen LogP contribution in [0, 0.1) is 6.92 Å². The molecule has 0 fully saturated rings. The Hall–Kier alpha value is -2.55. The summed E-state index contributed by atoms with van der Waals surface area (Å²) in [5.41, 5.74) is 0.699. The second-order valence-corrected chi connectivity index (χ2v) is 4.54. The van der Waals surface area contributed by atoms with Crippen LogP contribution in [0.4, 0.5) is 5.95 Å². The highest BCUT2D eigenvalue weighted by Gasteiger charge is 2.12. The van der Waals surface area contributed by atoms with Crippen molar-refractivity contribution < 1.29 is 0 Å². The summed E-state index contributed by atoms with van der Waals surface area (Å²) in [5, 5.41) is 11.9. The van der Waals surface area contributed by atoms with Crippen molar-refractivity contribution in [3.63, 3.8) is 0 Å². The maximum atomic E-state index is 6.02. The minimum absolute atomic E-state index is 0.345. The molecule has 0 saturated heterocycles. The fourth-order valence-corrected chi connectivity index (χ4v) is 1.78. The predicted octanol–water partition coefficient (Wildman–Crippen LogP) is 1.03. The highest BCUT2D eigenvalue weighted by atomic mass is 35.5. The van der Waals surface area contributed by atoms with Crippen molar-refractivity contribution in [2.75, 3.05) is 11.9 Å². The van der Waals surface area contributed by atoms with Crippen molar-refractivity contribution in [3.05, 3.63) is 29.6 Å². The van der Waals surface area contributed by atoms with Gasteiger partial charge in [0.2, 0.25) is 5.95 Å². The number of hydrogen-bond acceptors (Lipinski definition) is 7. The monoisotopic (exact) mass is 305 g/mol. The van der Waals surface area contributed by atoms with E-state index >= 15 is 0 Å². The predicted molar refractivity (Wildman–Crippen MR) is 75.8 cm³/mol. The van der Waals surface area contributed by atoms with Crippen LogP contribution in [0.5, 0.6) is 0 Å². The molecule has 9 nitrogen and oxygen atoms in total. The molecule has 21 heavy (non-hydrogen) atoms. The molecule has 0 bridgehead atoms. The third kappa shape index (κ3) is 2.68. The Morgan fingerprint density at radius 3 is 2.52 bits per heavy atom. The smallest absolute Gasteiger partial charge is 0.258 e. The molecule has 3 aromatic heterocycles. The van der Waals surface area contributed by atoms with Crippen LogP contribution in [0.2, 0.25) is 5.02 Å². The van der Waals surface area contributed by atoms with Gasteiger partial charge in [-0.3, -0.25) is 0 Å². The van der Waals surface area contributed by atoms with Crippen LogP contribution in [0.15, 0.2) is 18.9 Å². The van der Waals surface area contributed by atoms with Crippen LogP contribution in [-0.4, -0.2) is 46.0 Å². The molecule has 0 atom stereocenters. The van der Waals surface area contributed by atoms with Crippen LogP contribution in [0.1, 0.15) is 12.6 Å². The quantitative estimate of drug-likeness (QED) is 0.768. The number of hydrogen-bond donors (Lipinski definition) is 1. The summed E-state index contributed by atoms with van der Waals surface area (Å²) in [6.07, 6.45) is 4.56. The van der Waals surface area contributed by atoms with E-state index < -0.39 is 0 Å². The van der Waals surface area contributed by atoms with Crippen LogP contribution in [-0.2, 0) is 0 Å². The highest BCUT2D eigenvalue weighted by Crippen LogP contribution is 2.15. The molecule has 3 heterocycles. The SMILES string of the molecule is CCNc1nc(-n2cncn2)nc(-n2cc(Cl)c(C)n2)n1. The van der Waals surface area contributed by atoms with E-state index in [0.717, 1.165) is 0 Å². The molecule has 0 saturated carbocycles. The van der Waals surface area contributed by atoms with Gasteiger partial charge in [-0.1, -0.05) is 11.6 Å². The number of nitrogens with one attached hydrogen (secondary N) is 1. The van der Waals surface area contributed by atoms with Crippen LogP contribution in [0.3, 0.4) is 0 Å². The van der Waals surface area contributed by atoms with Gasteiger partial charge in [0, 0.05) is 6.54 Å². The molecule has 0 unspecified atom stereocenters. The second kappa shape index (κ2) is 5.44. The van der Waals surface area contributed by atoms with Gasteiger partial charge in [0.05, 0.1) is 16.9 Å². The number of rotatable bonds is 4. The topological polar surface area (TPSA) is 99.2 Å². The third-order valence-electron chi connectivity index (χ3n) is 2.61. The molecular formula is C11H12ClN9. The number of nitrogens with zero attached hydrogens (tertiary/aromatic N) is 8. The lowest BCUT2D eigenvalue weighted by molar-refractivity contribution is 0.740. The Kier molecular flexibility index (Phi) is 3.48. The molecule has 0 aromatic carbocycles. The number of anilines is 1. The summed E-state index contributed by atoms with van der Waals surface area (Å²) in [4.78, 5) is 16.8. The zero-order chi connectivity index (χ0) is 14.8. The maximum absolute atomic E-state index is 6.02. The standard InChI is InChI=1S/C11H12ClN9/c1-3-14-9-16-10(20-4-8(12)7(2)19-20)18-11(17-9)21-6-13-5-15-21/h4-6H,3H2,1-2H3,(H,14,16,17,18). The van der Waals surface area contributed by atoms with Crippen molar-refractivity contribution in [1.82, 2.24) is 39.5 Å². The zero-order valence-electron chi connectivity index (χ0n) is 11.4. The van der Waals surface area contributed by atoms with Crippen LogP contribution in [0.25, 0.3) is 11.9 Å². The maximum Gasteiger partial charge on any atom is 0.258 e. The Morgan fingerprint density at radius 1 is 1.19 bits per heavy atom. The molecule has 10 heteroatoms. The van der Waals surface area contributed by atoms with E-state index in [0.29, 0.717) is 35.1 Å². The molecule has 3 aromatic rings. The zero-order valence-corrected chi connectivity index (χ0v) is 12.2. The summed E-state index contributed by atoms with van der Waals surface area (Å²) in [6.45, 7) is 4.44. The van der Waals surface area contributed by atoms with Crippen molar-refractivity contribution in [3.8, 4) is 11.9 Å². The Morgan fingerprint density at radius 2 is 1.95 bits per heavy atom. The van der Waals surface area contributed by atoms with Gasteiger partial charge in [-0.25, -0.2) is 9.67 Å². The van der Waals surface area contributed by atoms with E-state index in [-0.39, 0.29) is 0 Å². The molecule has 0 aliphatic heterocycles. The summed E-state index contributed by atoms with van der Waals surface area (Å²) >= 11 is 6.02. The first kappa shape index (κ1) is 13.4.